The van der Waals surface area contributed by atoms with Crippen LogP contribution in [-0.4, -0.2) is 24.1 Å². The Morgan fingerprint density at radius 2 is 2.00 bits per heavy atom. The second kappa shape index (κ2) is 4.45. The van der Waals surface area contributed by atoms with Crippen LogP contribution < -0.4 is 4.90 Å². The fourth-order valence-corrected chi connectivity index (χ4v) is 2.26. The first-order valence-corrected chi connectivity index (χ1v) is 6.34. The zero-order valence-corrected chi connectivity index (χ0v) is 11.0. The first-order valence-electron chi connectivity index (χ1n) is 5.22. The van der Waals surface area contributed by atoms with Crippen molar-refractivity contribution >= 4 is 27.7 Å². The summed E-state index contributed by atoms with van der Waals surface area (Å²) in [5, 5.41) is 0.681. The Hall–Kier alpha value is -1.03. The van der Waals surface area contributed by atoms with Gasteiger partial charge < -0.3 is 4.74 Å². The van der Waals surface area contributed by atoms with Crippen LogP contribution in [0.25, 0.3) is 0 Å². The number of hydrogen-bond acceptors (Lipinski definition) is 2. The molecule has 16 heavy (non-hydrogen) atoms. The Bertz CT molecular complexity index is 399. The van der Waals surface area contributed by atoms with Crippen LogP contribution in [0.5, 0.6) is 0 Å². The van der Waals surface area contributed by atoms with E-state index in [0.29, 0.717) is 11.9 Å². The number of hydrogen-bond donors (Lipinski definition) is 0. The fraction of sp³-hybridized carbons (Fsp3) is 0.417. The van der Waals surface area contributed by atoms with Gasteiger partial charge in [-0.25, -0.2) is 4.79 Å². The molecule has 0 saturated carbocycles. The molecule has 1 aliphatic rings. The highest BCUT2D eigenvalue weighted by Crippen LogP contribution is 2.24. The van der Waals surface area contributed by atoms with Crippen molar-refractivity contribution in [2.45, 2.75) is 20.0 Å². The number of carbonyl (C=O) groups excluding carboxylic acids is 1. The number of rotatable bonds is 2. The van der Waals surface area contributed by atoms with E-state index in [4.69, 9.17) is 4.74 Å². The van der Waals surface area contributed by atoms with Gasteiger partial charge in [0.15, 0.2) is 0 Å². The Labute approximate surface area is 104 Å². The average Bonchev–Trinajstić information content (AvgIpc) is 2.58. The van der Waals surface area contributed by atoms with Crippen molar-refractivity contribution in [3.8, 4) is 0 Å². The molecule has 1 heterocycles. The lowest BCUT2D eigenvalue weighted by Crippen LogP contribution is -2.24. The molecule has 4 heteroatoms. The molecule has 1 aliphatic heterocycles. The van der Waals surface area contributed by atoms with Gasteiger partial charge in [0.2, 0.25) is 0 Å². The van der Waals surface area contributed by atoms with Crippen molar-refractivity contribution < 1.29 is 9.53 Å². The number of halogens is 1. The molecule has 1 aromatic rings. The number of aryl methyl sites for hydroxylation is 2. The van der Waals surface area contributed by atoms with Crippen molar-refractivity contribution in [2.75, 3.05) is 16.8 Å². The fourth-order valence-electron chi connectivity index (χ4n) is 1.92. The zero-order valence-electron chi connectivity index (χ0n) is 9.37. The first-order chi connectivity index (χ1) is 7.60. The summed E-state index contributed by atoms with van der Waals surface area (Å²) in [4.78, 5) is 13.3. The highest BCUT2D eigenvalue weighted by atomic mass is 79.9. The molecule has 0 N–H and O–H groups in total. The highest BCUT2D eigenvalue weighted by molar-refractivity contribution is 9.09. The maximum absolute atomic E-state index is 11.6. The highest BCUT2D eigenvalue weighted by Gasteiger charge is 2.31. The number of anilines is 1. The minimum Gasteiger partial charge on any atom is -0.443 e. The van der Waals surface area contributed by atoms with Crippen LogP contribution in [0.3, 0.4) is 0 Å². The Kier molecular flexibility index (Phi) is 3.19. The molecule has 1 saturated heterocycles. The van der Waals surface area contributed by atoms with Crippen LogP contribution in [0.4, 0.5) is 10.5 Å². The molecule has 3 nitrogen and oxygen atoms in total. The lowest BCUT2D eigenvalue weighted by molar-refractivity contribution is 0.152. The van der Waals surface area contributed by atoms with E-state index in [-0.39, 0.29) is 12.2 Å². The Balaban J connectivity index is 2.27. The van der Waals surface area contributed by atoms with E-state index in [1.165, 1.54) is 0 Å². The molecule has 0 radical (unpaired) electrons. The SMILES string of the molecule is Cc1cc(C)cc(N2CC(CBr)OC2=O)c1. The summed E-state index contributed by atoms with van der Waals surface area (Å²) in [6, 6.07) is 6.10. The van der Waals surface area contributed by atoms with Crippen LogP contribution in [0, 0.1) is 13.8 Å². The van der Waals surface area contributed by atoms with E-state index in [1.54, 1.807) is 4.90 Å². The summed E-state index contributed by atoms with van der Waals surface area (Å²) >= 11 is 3.33. The van der Waals surface area contributed by atoms with Gasteiger partial charge in [-0.3, -0.25) is 4.90 Å². The van der Waals surface area contributed by atoms with Crippen molar-refractivity contribution in [3.63, 3.8) is 0 Å². The molecule has 86 valence electrons. The average molecular weight is 284 g/mol. The van der Waals surface area contributed by atoms with Crippen LogP contribution in [0.15, 0.2) is 18.2 Å². The van der Waals surface area contributed by atoms with E-state index in [1.807, 2.05) is 26.0 Å². The Morgan fingerprint density at radius 3 is 2.50 bits per heavy atom. The predicted octanol–water partition coefficient (Wildman–Crippen LogP) is 3.02. The molecular weight excluding hydrogens is 270 g/mol. The van der Waals surface area contributed by atoms with Crippen molar-refractivity contribution in [1.29, 1.82) is 0 Å². The van der Waals surface area contributed by atoms with Crippen LogP contribution in [0.1, 0.15) is 11.1 Å². The molecule has 1 atom stereocenters. The normalized spacial score (nSPS) is 20.1. The number of ether oxygens (including phenoxy) is 1. The van der Waals surface area contributed by atoms with Crippen molar-refractivity contribution in [2.24, 2.45) is 0 Å². The van der Waals surface area contributed by atoms with Gasteiger partial charge in [0.1, 0.15) is 6.10 Å². The molecule has 0 aromatic heterocycles. The van der Waals surface area contributed by atoms with Gasteiger partial charge >= 0.3 is 6.09 Å². The lowest BCUT2D eigenvalue weighted by Gasteiger charge is -2.14. The zero-order chi connectivity index (χ0) is 11.7. The van der Waals surface area contributed by atoms with Gasteiger partial charge in [0, 0.05) is 11.0 Å². The Morgan fingerprint density at radius 1 is 1.38 bits per heavy atom. The molecule has 1 fully saturated rings. The third-order valence-corrected chi connectivity index (χ3v) is 3.29. The number of nitrogens with zero attached hydrogens (tertiary/aromatic N) is 1. The van der Waals surface area contributed by atoms with Crippen LogP contribution in [-0.2, 0) is 4.74 Å². The van der Waals surface area contributed by atoms with E-state index in [2.05, 4.69) is 22.0 Å². The van der Waals surface area contributed by atoms with Gasteiger partial charge in [-0.1, -0.05) is 22.0 Å². The standard InChI is InChI=1S/C12H14BrNO2/c1-8-3-9(2)5-10(4-8)14-7-11(6-13)16-12(14)15/h3-5,11H,6-7H2,1-2H3. The smallest absolute Gasteiger partial charge is 0.414 e. The van der Waals surface area contributed by atoms with Crippen molar-refractivity contribution in [1.82, 2.24) is 0 Å². The number of benzene rings is 1. The number of carbonyl (C=O) groups is 1. The van der Waals surface area contributed by atoms with E-state index < -0.39 is 0 Å². The third kappa shape index (κ3) is 2.21. The van der Waals surface area contributed by atoms with Gasteiger partial charge in [-0.15, -0.1) is 0 Å². The molecule has 0 bridgehead atoms. The van der Waals surface area contributed by atoms with Gasteiger partial charge in [0.05, 0.1) is 6.54 Å². The lowest BCUT2D eigenvalue weighted by atomic mass is 10.1. The summed E-state index contributed by atoms with van der Waals surface area (Å²) in [5.74, 6) is 0. The monoisotopic (exact) mass is 283 g/mol. The number of alkyl halides is 1. The second-order valence-electron chi connectivity index (χ2n) is 4.12. The van der Waals surface area contributed by atoms with Crippen LogP contribution in [0.2, 0.25) is 0 Å². The molecule has 2 rings (SSSR count). The third-order valence-electron chi connectivity index (χ3n) is 2.56. The van der Waals surface area contributed by atoms with Gasteiger partial charge in [-0.05, 0) is 37.1 Å². The van der Waals surface area contributed by atoms with Crippen LogP contribution >= 0.6 is 15.9 Å². The summed E-state index contributed by atoms with van der Waals surface area (Å²) in [6.07, 6.45) is -0.303. The largest absolute Gasteiger partial charge is 0.443 e. The first kappa shape index (κ1) is 11.5. The maximum Gasteiger partial charge on any atom is 0.414 e. The topological polar surface area (TPSA) is 29.5 Å². The summed E-state index contributed by atoms with van der Waals surface area (Å²) in [6.45, 7) is 4.67. The minimum absolute atomic E-state index is 0.0479. The molecular formula is C12H14BrNO2. The summed E-state index contributed by atoms with van der Waals surface area (Å²) in [5.41, 5.74) is 3.24. The van der Waals surface area contributed by atoms with E-state index in [0.717, 1.165) is 16.8 Å². The maximum atomic E-state index is 11.6. The minimum atomic E-state index is -0.255. The van der Waals surface area contributed by atoms with Crippen molar-refractivity contribution in [3.05, 3.63) is 29.3 Å². The molecule has 0 spiro atoms. The van der Waals surface area contributed by atoms with E-state index >= 15 is 0 Å². The predicted molar refractivity (Wildman–Crippen MR) is 67.3 cm³/mol. The molecule has 1 amide bonds. The van der Waals surface area contributed by atoms with Gasteiger partial charge in [0.25, 0.3) is 0 Å². The second-order valence-corrected chi connectivity index (χ2v) is 4.76. The molecule has 1 aromatic carbocycles. The van der Waals surface area contributed by atoms with E-state index in [9.17, 15) is 4.79 Å². The van der Waals surface area contributed by atoms with Gasteiger partial charge in [-0.2, -0.15) is 0 Å². The summed E-state index contributed by atoms with van der Waals surface area (Å²) in [7, 11) is 0. The number of amides is 1. The molecule has 0 aliphatic carbocycles. The quantitative estimate of drug-likeness (QED) is 0.781. The summed E-state index contributed by atoms with van der Waals surface area (Å²) < 4.78 is 5.20. The number of cyclic esters (lactones) is 1. The molecule has 1 unspecified atom stereocenters.